The lowest BCUT2D eigenvalue weighted by atomic mass is 9.88. The van der Waals surface area contributed by atoms with E-state index >= 15 is 0 Å². The van der Waals surface area contributed by atoms with Gasteiger partial charge in [-0.05, 0) is 52.6 Å². The maximum atomic E-state index is 2.39. The van der Waals surface area contributed by atoms with E-state index in [0.29, 0.717) is 0 Å². The quantitative estimate of drug-likeness (QED) is 0.657. The van der Waals surface area contributed by atoms with Gasteiger partial charge in [0.1, 0.15) is 0 Å². The number of hydrogen-bond donors (Lipinski definition) is 0. The second kappa shape index (κ2) is 5.89. The molecule has 2 aromatic carbocycles. The van der Waals surface area contributed by atoms with Crippen molar-refractivity contribution >= 4 is 6.08 Å². The third-order valence-electron chi connectivity index (χ3n) is 4.49. The van der Waals surface area contributed by atoms with Gasteiger partial charge in [-0.3, -0.25) is 0 Å². The first-order valence-electron chi connectivity index (χ1n) is 8.07. The van der Waals surface area contributed by atoms with Gasteiger partial charge < -0.3 is 0 Å². The molecule has 1 radical (unpaired) electrons. The van der Waals surface area contributed by atoms with E-state index in [-0.39, 0.29) is 0 Å². The summed E-state index contributed by atoms with van der Waals surface area (Å²) in [5, 5.41) is 0. The Bertz CT molecular complexity index is 689. The predicted molar refractivity (Wildman–Crippen MR) is 92.3 cm³/mol. The zero-order valence-electron chi connectivity index (χ0n) is 13.2. The average molecular weight is 275 g/mol. The number of benzene rings is 2. The van der Waals surface area contributed by atoms with Gasteiger partial charge in [-0.2, -0.15) is 0 Å². The third kappa shape index (κ3) is 2.44. The van der Waals surface area contributed by atoms with Crippen LogP contribution in [0.1, 0.15) is 49.4 Å². The smallest absolute Gasteiger partial charge is 0.0164 e. The molecule has 107 valence electrons. The number of allylic oxidation sites excluding steroid dienone is 1. The van der Waals surface area contributed by atoms with Crippen molar-refractivity contribution in [2.45, 2.75) is 40.0 Å². The number of aryl methyl sites for hydroxylation is 2. The Balaban J connectivity index is 2.26. The van der Waals surface area contributed by atoms with Gasteiger partial charge in [-0.25, -0.2) is 0 Å². The van der Waals surface area contributed by atoms with Crippen molar-refractivity contribution in [2.24, 2.45) is 0 Å². The lowest BCUT2D eigenvalue weighted by Crippen LogP contribution is -1.96. The van der Waals surface area contributed by atoms with Crippen LogP contribution in [-0.2, 0) is 12.8 Å². The van der Waals surface area contributed by atoms with E-state index in [2.05, 4.69) is 69.7 Å². The summed E-state index contributed by atoms with van der Waals surface area (Å²) < 4.78 is 0. The van der Waals surface area contributed by atoms with Crippen LogP contribution in [0.4, 0.5) is 0 Å². The number of fused-ring (bicyclic) bond motifs is 1. The Kier molecular flexibility index (Phi) is 3.96. The van der Waals surface area contributed by atoms with Crippen molar-refractivity contribution in [1.82, 2.24) is 0 Å². The van der Waals surface area contributed by atoms with Crippen LogP contribution in [0.5, 0.6) is 0 Å². The molecule has 0 nitrogen and oxygen atoms in total. The molecular formula is C21H23. The first-order valence-corrected chi connectivity index (χ1v) is 8.07. The molecule has 3 rings (SSSR count). The zero-order valence-corrected chi connectivity index (χ0v) is 13.2. The highest BCUT2D eigenvalue weighted by Gasteiger charge is 2.19. The first kappa shape index (κ1) is 14.1. The Labute approximate surface area is 128 Å². The second-order valence-corrected chi connectivity index (χ2v) is 5.68. The van der Waals surface area contributed by atoms with Crippen LogP contribution in [0.3, 0.4) is 0 Å². The van der Waals surface area contributed by atoms with Gasteiger partial charge in [0.05, 0.1) is 0 Å². The highest BCUT2D eigenvalue weighted by Crippen LogP contribution is 2.39. The fourth-order valence-electron chi connectivity index (χ4n) is 3.28. The summed E-state index contributed by atoms with van der Waals surface area (Å²) in [7, 11) is 0. The van der Waals surface area contributed by atoms with Crippen LogP contribution < -0.4 is 0 Å². The summed E-state index contributed by atoms with van der Waals surface area (Å²) in [6, 6.07) is 13.4. The Morgan fingerprint density at radius 1 is 0.762 bits per heavy atom. The van der Waals surface area contributed by atoms with Crippen LogP contribution in [0.25, 0.3) is 17.2 Å². The van der Waals surface area contributed by atoms with E-state index in [1.165, 1.54) is 39.0 Å². The van der Waals surface area contributed by atoms with Gasteiger partial charge >= 0.3 is 0 Å². The van der Waals surface area contributed by atoms with Crippen LogP contribution >= 0.6 is 0 Å². The fraction of sp³-hybridized carbons (Fsp3) is 0.286. The summed E-state index contributed by atoms with van der Waals surface area (Å²) in [5.74, 6) is 0. The fourth-order valence-corrected chi connectivity index (χ4v) is 3.28. The molecule has 0 amide bonds. The third-order valence-corrected chi connectivity index (χ3v) is 4.49. The number of rotatable bonds is 4. The van der Waals surface area contributed by atoms with Crippen molar-refractivity contribution < 1.29 is 0 Å². The maximum absolute atomic E-state index is 2.39. The molecule has 0 aliphatic heterocycles. The van der Waals surface area contributed by atoms with Gasteiger partial charge in [0.15, 0.2) is 0 Å². The maximum Gasteiger partial charge on any atom is 0.0164 e. The van der Waals surface area contributed by atoms with Crippen LogP contribution in [0.15, 0.2) is 42.0 Å². The van der Waals surface area contributed by atoms with E-state index in [4.69, 9.17) is 0 Å². The van der Waals surface area contributed by atoms with Crippen molar-refractivity contribution in [3.63, 3.8) is 0 Å². The normalized spacial score (nSPS) is 13.2. The van der Waals surface area contributed by atoms with Crippen LogP contribution in [0.2, 0.25) is 0 Å². The number of hydrogen-bond acceptors (Lipinski definition) is 0. The summed E-state index contributed by atoms with van der Waals surface area (Å²) in [4.78, 5) is 0. The molecule has 1 aliphatic rings. The highest BCUT2D eigenvalue weighted by atomic mass is 14.2. The summed E-state index contributed by atoms with van der Waals surface area (Å²) in [6.07, 6.45) is 7.99. The monoisotopic (exact) mass is 275 g/mol. The zero-order chi connectivity index (χ0) is 14.8. The first-order chi connectivity index (χ1) is 10.3. The average Bonchev–Trinajstić information content (AvgIpc) is 2.97. The molecule has 0 unspecified atom stereocenters. The molecule has 0 spiro atoms. The molecule has 0 saturated heterocycles. The summed E-state index contributed by atoms with van der Waals surface area (Å²) in [5.41, 5.74) is 10.0. The molecule has 0 heteroatoms. The van der Waals surface area contributed by atoms with Crippen LogP contribution in [-0.4, -0.2) is 0 Å². The molecule has 0 atom stereocenters. The van der Waals surface area contributed by atoms with E-state index in [1.807, 2.05) is 0 Å². The van der Waals surface area contributed by atoms with E-state index in [0.717, 1.165) is 19.3 Å². The van der Waals surface area contributed by atoms with E-state index < -0.39 is 0 Å². The minimum atomic E-state index is 1.08. The molecule has 0 heterocycles. The molecule has 21 heavy (non-hydrogen) atoms. The van der Waals surface area contributed by atoms with Gasteiger partial charge in [-0.1, -0.05) is 68.8 Å². The molecule has 0 N–H and O–H groups in total. The molecule has 0 saturated carbocycles. The molecule has 1 aliphatic carbocycles. The van der Waals surface area contributed by atoms with E-state index in [9.17, 15) is 0 Å². The minimum Gasteiger partial charge on any atom is -0.0620 e. The standard InChI is InChI=1S/C21H23/c1-4-15-13-18-12-11-17(6-3)21(20(18)14-15)19-10-8-7-9-16(19)5-2/h7-14H,4-6H2,1-3H3. The Morgan fingerprint density at radius 3 is 2.24 bits per heavy atom. The van der Waals surface area contributed by atoms with Crippen molar-refractivity contribution in [3.05, 3.63) is 70.6 Å². The summed E-state index contributed by atoms with van der Waals surface area (Å²) in [6.45, 7) is 6.73. The Hall–Kier alpha value is -1.82. The highest BCUT2D eigenvalue weighted by molar-refractivity contribution is 5.86. The largest absolute Gasteiger partial charge is 0.0620 e. The van der Waals surface area contributed by atoms with Crippen LogP contribution in [0, 0.1) is 6.42 Å². The molecule has 0 bridgehead atoms. The van der Waals surface area contributed by atoms with Crippen molar-refractivity contribution in [3.8, 4) is 11.1 Å². The van der Waals surface area contributed by atoms with Gasteiger partial charge in [-0.15, -0.1) is 0 Å². The topological polar surface area (TPSA) is 0 Å². The van der Waals surface area contributed by atoms with Gasteiger partial charge in [0.25, 0.3) is 0 Å². The summed E-state index contributed by atoms with van der Waals surface area (Å²) >= 11 is 0. The second-order valence-electron chi connectivity index (χ2n) is 5.68. The molecule has 0 aromatic heterocycles. The molecule has 0 fully saturated rings. The molecule has 2 aromatic rings. The van der Waals surface area contributed by atoms with Gasteiger partial charge in [0, 0.05) is 6.42 Å². The molecular weight excluding hydrogens is 252 g/mol. The van der Waals surface area contributed by atoms with Crippen molar-refractivity contribution in [2.75, 3.05) is 0 Å². The Morgan fingerprint density at radius 2 is 1.52 bits per heavy atom. The SMILES string of the molecule is CCC1=Cc2c(ccc(CC)c2-c2ccccc2CC)[CH]1. The minimum absolute atomic E-state index is 1.08. The predicted octanol–water partition coefficient (Wildman–Crippen LogP) is 5.84. The lowest BCUT2D eigenvalue weighted by Gasteiger charge is -2.16. The van der Waals surface area contributed by atoms with Gasteiger partial charge in [0.2, 0.25) is 0 Å². The lowest BCUT2D eigenvalue weighted by molar-refractivity contribution is 1.11. The van der Waals surface area contributed by atoms with E-state index in [1.54, 1.807) is 0 Å². The van der Waals surface area contributed by atoms with Crippen molar-refractivity contribution in [1.29, 1.82) is 0 Å².